The van der Waals surface area contributed by atoms with Crippen molar-refractivity contribution >= 4 is 18.0 Å². The van der Waals surface area contributed by atoms with E-state index in [1.807, 2.05) is 66.7 Å². The first-order chi connectivity index (χ1) is 15.5. The Morgan fingerprint density at radius 1 is 0.812 bits per heavy atom. The average molecular weight is 428 g/mol. The minimum atomic E-state index is -0.447. The highest BCUT2D eigenvalue weighted by Gasteiger charge is 2.06. The third-order valence-corrected chi connectivity index (χ3v) is 4.41. The second-order valence-electron chi connectivity index (χ2n) is 6.98. The molecule has 3 aromatic carbocycles. The molecule has 3 rings (SSSR count). The molecule has 5 heteroatoms. The Hall–Kier alpha value is -4.12. The summed E-state index contributed by atoms with van der Waals surface area (Å²) >= 11 is 0. The van der Waals surface area contributed by atoms with Crippen LogP contribution >= 0.6 is 0 Å². The summed E-state index contributed by atoms with van der Waals surface area (Å²) in [5, 5.41) is 0. The number of esters is 2. The number of carbonyl (C=O) groups is 2. The van der Waals surface area contributed by atoms with Gasteiger partial charge in [0, 0.05) is 11.6 Å². The Morgan fingerprint density at radius 2 is 1.41 bits per heavy atom. The van der Waals surface area contributed by atoms with Crippen molar-refractivity contribution in [3.8, 4) is 22.6 Å². The van der Waals surface area contributed by atoms with E-state index in [2.05, 4.69) is 6.58 Å². The van der Waals surface area contributed by atoms with Crippen molar-refractivity contribution < 1.29 is 23.8 Å². The molecule has 0 saturated carbocycles. The second kappa shape index (κ2) is 11.3. The molecule has 5 nitrogen and oxygen atoms in total. The first-order valence-electron chi connectivity index (χ1n) is 10.1. The monoisotopic (exact) mass is 428 g/mol. The number of rotatable bonds is 9. The zero-order valence-electron chi connectivity index (χ0n) is 17.8. The van der Waals surface area contributed by atoms with E-state index in [1.165, 1.54) is 6.08 Å². The van der Waals surface area contributed by atoms with Crippen molar-refractivity contribution in [2.75, 3.05) is 13.2 Å². The van der Waals surface area contributed by atoms with Gasteiger partial charge in [0.2, 0.25) is 0 Å². The molecule has 0 bridgehead atoms. The highest BCUT2D eigenvalue weighted by molar-refractivity contribution is 5.89. The van der Waals surface area contributed by atoms with Gasteiger partial charge in [-0.2, -0.15) is 0 Å². The topological polar surface area (TPSA) is 61.8 Å². The number of ether oxygens (including phenoxy) is 3. The Morgan fingerprint density at radius 3 is 2.00 bits per heavy atom. The van der Waals surface area contributed by atoms with Crippen molar-refractivity contribution in [3.63, 3.8) is 0 Å². The zero-order chi connectivity index (χ0) is 22.8. The van der Waals surface area contributed by atoms with Crippen molar-refractivity contribution in [1.82, 2.24) is 0 Å². The maximum absolute atomic E-state index is 11.7. The van der Waals surface area contributed by atoms with Gasteiger partial charge in [0.25, 0.3) is 0 Å². The predicted molar refractivity (Wildman–Crippen MR) is 124 cm³/mol. The van der Waals surface area contributed by atoms with Crippen LogP contribution < -0.4 is 9.47 Å². The van der Waals surface area contributed by atoms with Crippen molar-refractivity contribution in [2.24, 2.45) is 0 Å². The van der Waals surface area contributed by atoms with Crippen LogP contribution in [0.4, 0.5) is 0 Å². The van der Waals surface area contributed by atoms with E-state index in [1.54, 1.807) is 25.1 Å². The molecule has 0 amide bonds. The van der Waals surface area contributed by atoms with Gasteiger partial charge >= 0.3 is 11.9 Å². The maximum atomic E-state index is 11.7. The van der Waals surface area contributed by atoms with Crippen LogP contribution in [-0.4, -0.2) is 25.2 Å². The Bertz CT molecular complexity index is 1080. The van der Waals surface area contributed by atoms with E-state index < -0.39 is 11.9 Å². The molecule has 162 valence electrons. The minimum Gasteiger partial charge on any atom is -0.490 e. The largest absolute Gasteiger partial charge is 0.490 e. The molecule has 0 atom stereocenters. The number of benzene rings is 3. The summed E-state index contributed by atoms with van der Waals surface area (Å²) in [7, 11) is 0. The minimum absolute atomic E-state index is 0.157. The molecule has 32 heavy (non-hydrogen) atoms. The lowest BCUT2D eigenvalue weighted by atomic mass is 10.1. The second-order valence-corrected chi connectivity index (χ2v) is 6.98. The van der Waals surface area contributed by atoms with Gasteiger partial charge in [0.05, 0.1) is 0 Å². The summed E-state index contributed by atoms with van der Waals surface area (Å²) in [6.45, 7) is 5.58. The number of hydrogen-bond donors (Lipinski definition) is 0. The molecular weight excluding hydrogens is 404 g/mol. The molecule has 0 heterocycles. The third-order valence-electron chi connectivity index (χ3n) is 4.41. The summed E-state index contributed by atoms with van der Waals surface area (Å²) in [4.78, 5) is 23.3. The van der Waals surface area contributed by atoms with E-state index in [9.17, 15) is 9.59 Å². The van der Waals surface area contributed by atoms with Gasteiger partial charge in [-0.3, -0.25) is 0 Å². The van der Waals surface area contributed by atoms with Crippen LogP contribution in [-0.2, 0) is 14.3 Å². The fraction of sp³-hybridized carbons (Fsp3) is 0.111. The fourth-order valence-electron chi connectivity index (χ4n) is 2.73. The molecule has 0 N–H and O–H groups in total. The van der Waals surface area contributed by atoms with Crippen molar-refractivity contribution in [1.29, 1.82) is 0 Å². The molecule has 3 aromatic rings. The molecule has 0 spiro atoms. The first-order valence-corrected chi connectivity index (χ1v) is 10.1. The Labute approximate surface area is 187 Å². The quantitative estimate of drug-likeness (QED) is 0.196. The normalized spacial score (nSPS) is 10.5. The van der Waals surface area contributed by atoms with Crippen LogP contribution in [0.25, 0.3) is 17.2 Å². The smallest absolute Gasteiger partial charge is 0.338 e. The summed E-state index contributed by atoms with van der Waals surface area (Å²) < 4.78 is 16.0. The zero-order valence-corrected chi connectivity index (χ0v) is 17.8. The molecule has 0 unspecified atom stereocenters. The molecule has 0 aromatic heterocycles. The molecule has 0 aliphatic carbocycles. The van der Waals surface area contributed by atoms with Crippen LogP contribution in [0.1, 0.15) is 12.5 Å². The fourth-order valence-corrected chi connectivity index (χ4v) is 2.73. The first kappa shape index (κ1) is 22.6. The van der Waals surface area contributed by atoms with Crippen molar-refractivity contribution in [3.05, 3.63) is 103 Å². The van der Waals surface area contributed by atoms with Gasteiger partial charge in [0.1, 0.15) is 24.7 Å². The van der Waals surface area contributed by atoms with Crippen LogP contribution in [0.5, 0.6) is 11.5 Å². The third kappa shape index (κ3) is 6.99. The van der Waals surface area contributed by atoms with Crippen LogP contribution in [0, 0.1) is 0 Å². The summed E-state index contributed by atoms with van der Waals surface area (Å²) in [6.07, 6.45) is 3.11. The number of hydrogen-bond acceptors (Lipinski definition) is 5. The van der Waals surface area contributed by atoms with Crippen molar-refractivity contribution in [2.45, 2.75) is 6.92 Å². The van der Waals surface area contributed by atoms with E-state index in [0.29, 0.717) is 17.1 Å². The van der Waals surface area contributed by atoms with E-state index in [4.69, 9.17) is 14.2 Å². The van der Waals surface area contributed by atoms with Crippen LogP contribution in [0.3, 0.4) is 0 Å². The predicted octanol–water partition coefficient (Wildman–Crippen LogP) is 5.47. The lowest BCUT2D eigenvalue weighted by molar-refractivity contribution is -0.138. The van der Waals surface area contributed by atoms with Crippen LogP contribution in [0.2, 0.25) is 0 Å². The maximum Gasteiger partial charge on any atom is 0.338 e. The highest BCUT2D eigenvalue weighted by atomic mass is 16.6. The Kier molecular flexibility index (Phi) is 7.98. The van der Waals surface area contributed by atoms with E-state index in [-0.39, 0.29) is 13.2 Å². The Balaban J connectivity index is 1.43. The molecule has 0 aliphatic rings. The molecular formula is C27H24O5. The molecule has 0 saturated heterocycles. The van der Waals surface area contributed by atoms with Gasteiger partial charge in [-0.05, 0) is 54.0 Å². The summed E-state index contributed by atoms with van der Waals surface area (Å²) in [6, 6.07) is 24.3. The van der Waals surface area contributed by atoms with Gasteiger partial charge in [-0.25, -0.2) is 9.59 Å². The lowest BCUT2D eigenvalue weighted by Crippen LogP contribution is -2.10. The van der Waals surface area contributed by atoms with Gasteiger partial charge in [-0.1, -0.05) is 61.2 Å². The van der Waals surface area contributed by atoms with Gasteiger partial charge in [-0.15, -0.1) is 0 Å². The average Bonchev–Trinajstić information content (AvgIpc) is 2.82. The van der Waals surface area contributed by atoms with Gasteiger partial charge < -0.3 is 14.2 Å². The number of carbonyl (C=O) groups excluding carboxylic acids is 2. The van der Waals surface area contributed by atoms with E-state index >= 15 is 0 Å². The summed E-state index contributed by atoms with van der Waals surface area (Å²) in [5.74, 6) is 0.286. The van der Waals surface area contributed by atoms with Gasteiger partial charge in [0.15, 0.2) is 0 Å². The standard InChI is InChI=1S/C27H24O5/c1-20(2)27(29)32-25-15-11-23(12-16-25)22-9-13-24(14-10-22)30-18-19-31-26(28)17-8-21-6-4-3-5-7-21/h3-17H,1,18-19H2,2H3/b17-8+. The lowest BCUT2D eigenvalue weighted by Gasteiger charge is -2.08. The van der Waals surface area contributed by atoms with Crippen LogP contribution in [0.15, 0.2) is 97.1 Å². The molecule has 0 radical (unpaired) electrons. The summed E-state index contributed by atoms with van der Waals surface area (Å²) in [5.41, 5.74) is 3.25. The SMILES string of the molecule is C=C(C)C(=O)Oc1ccc(-c2ccc(OCCOC(=O)/C=C/c3ccccc3)cc2)cc1. The molecule has 0 fully saturated rings. The molecule has 0 aliphatic heterocycles. The van der Waals surface area contributed by atoms with E-state index in [0.717, 1.165) is 16.7 Å². The highest BCUT2D eigenvalue weighted by Crippen LogP contribution is 2.25.